The van der Waals surface area contributed by atoms with E-state index in [9.17, 15) is 0 Å². The molecule has 1 aliphatic rings. The van der Waals surface area contributed by atoms with Crippen molar-refractivity contribution in [2.45, 2.75) is 26.8 Å². The van der Waals surface area contributed by atoms with Crippen molar-refractivity contribution in [1.82, 2.24) is 29.3 Å². The van der Waals surface area contributed by atoms with E-state index in [1.165, 1.54) is 0 Å². The molecular weight excluding hydrogens is 360 g/mol. The quantitative estimate of drug-likeness (QED) is 0.470. The van der Waals surface area contributed by atoms with Gasteiger partial charge in [0.1, 0.15) is 0 Å². The fourth-order valence-corrected chi connectivity index (χ4v) is 3.63. The van der Waals surface area contributed by atoms with Gasteiger partial charge in [-0.25, -0.2) is 14.6 Å². The third-order valence-electron chi connectivity index (χ3n) is 4.88. The van der Waals surface area contributed by atoms with E-state index in [-0.39, 0.29) is 0 Å². The molecule has 0 atom stereocenters. The van der Waals surface area contributed by atoms with Gasteiger partial charge in [-0.15, -0.1) is 0 Å². The van der Waals surface area contributed by atoms with Crippen LogP contribution in [0.4, 0.5) is 0 Å². The molecule has 0 amide bonds. The van der Waals surface area contributed by atoms with Crippen LogP contribution in [0, 0.1) is 13.8 Å². The maximum atomic E-state index is 6.29. The van der Waals surface area contributed by atoms with Crippen molar-refractivity contribution >= 4 is 11.6 Å². The summed E-state index contributed by atoms with van der Waals surface area (Å²) in [5, 5.41) is 5.44. The van der Waals surface area contributed by atoms with Gasteiger partial charge < -0.3 is 4.57 Å². The van der Waals surface area contributed by atoms with Gasteiger partial charge in [0.25, 0.3) is 0 Å². The number of aryl methyl sites for hydroxylation is 2. The molecule has 0 bridgehead atoms. The van der Waals surface area contributed by atoms with Crippen molar-refractivity contribution in [2.75, 3.05) is 0 Å². The lowest BCUT2D eigenvalue weighted by molar-refractivity contribution is 0.664. The average Bonchev–Trinajstić information content (AvgIpc) is 3.18. The fourth-order valence-electron chi connectivity index (χ4n) is 3.46. The Morgan fingerprint density at radius 3 is 2.81 bits per heavy atom. The zero-order valence-electron chi connectivity index (χ0n) is 15.0. The van der Waals surface area contributed by atoms with E-state index in [0.717, 1.165) is 45.5 Å². The monoisotopic (exact) mass is 376 g/mol. The fraction of sp³-hybridized carbons (Fsp3) is 0.200. The van der Waals surface area contributed by atoms with E-state index >= 15 is 0 Å². The first-order valence-electron chi connectivity index (χ1n) is 8.77. The lowest BCUT2D eigenvalue weighted by Crippen LogP contribution is -2.06. The van der Waals surface area contributed by atoms with E-state index in [1.54, 1.807) is 0 Å². The van der Waals surface area contributed by atoms with Gasteiger partial charge in [-0.1, -0.05) is 17.7 Å². The van der Waals surface area contributed by atoms with Crippen LogP contribution in [0.5, 0.6) is 0 Å². The highest BCUT2D eigenvalue weighted by Gasteiger charge is 2.24. The molecule has 5 rings (SSSR count). The normalized spacial score (nSPS) is 12.3. The van der Waals surface area contributed by atoms with Crippen LogP contribution in [0.3, 0.4) is 0 Å². The van der Waals surface area contributed by atoms with E-state index < -0.39 is 0 Å². The Balaban J connectivity index is 1.64. The number of fused-ring (bicyclic) bond motifs is 5. The van der Waals surface area contributed by atoms with Gasteiger partial charge in [-0.3, -0.25) is 4.98 Å². The molecule has 4 aromatic rings. The van der Waals surface area contributed by atoms with Crippen LogP contribution in [-0.4, -0.2) is 29.3 Å². The first-order valence-corrected chi connectivity index (χ1v) is 9.14. The minimum absolute atomic E-state index is 0.618. The summed E-state index contributed by atoms with van der Waals surface area (Å²) in [4.78, 5) is 13.7. The molecule has 0 unspecified atom stereocenters. The molecule has 134 valence electrons. The highest BCUT2D eigenvalue weighted by atomic mass is 35.5. The average molecular weight is 377 g/mol. The Morgan fingerprint density at radius 1 is 1.11 bits per heavy atom. The van der Waals surface area contributed by atoms with Crippen LogP contribution in [0.1, 0.15) is 28.5 Å². The molecule has 7 heteroatoms. The smallest absolute Gasteiger partial charge is 0.160 e. The van der Waals surface area contributed by atoms with Crippen LogP contribution in [0.15, 0.2) is 42.9 Å². The van der Waals surface area contributed by atoms with E-state index in [4.69, 9.17) is 21.7 Å². The molecule has 0 saturated heterocycles. The van der Waals surface area contributed by atoms with Crippen LogP contribution in [0.25, 0.3) is 17.1 Å². The summed E-state index contributed by atoms with van der Waals surface area (Å²) in [5.74, 6) is 1.60. The highest BCUT2D eigenvalue weighted by molar-refractivity contribution is 6.31. The van der Waals surface area contributed by atoms with Crippen molar-refractivity contribution in [3.63, 3.8) is 0 Å². The minimum Gasteiger partial charge on any atom is -0.300 e. The maximum Gasteiger partial charge on any atom is 0.160 e. The molecule has 27 heavy (non-hydrogen) atoms. The number of rotatable bonds is 2. The van der Waals surface area contributed by atoms with Crippen LogP contribution in [-0.2, 0) is 13.0 Å². The third-order valence-corrected chi connectivity index (χ3v) is 5.12. The van der Waals surface area contributed by atoms with E-state index in [1.807, 2.05) is 55.3 Å². The Hall–Kier alpha value is -2.99. The predicted octanol–water partition coefficient (Wildman–Crippen LogP) is 3.75. The SMILES string of the molecule is Cc1ccc(Cc2nc3n(n2)Cc2c(C)ncn2-c2ccc(Cl)cc2-3)cn1. The molecule has 0 saturated carbocycles. The molecule has 3 aromatic heterocycles. The number of imidazole rings is 1. The summed E-state index contributed by atoms with van der Waals surface area (Å²) >= 11 is 6.29. The zero-order chi connectivity index (χ0) is 18.5. The van der Waals surface area contributed by atoms with Crippen molar-refractivity contribution in [3.8, 4) is 17.1 Å². The molecule has 0 N–H and O–H groups in total. The van der Waals surface area contributed by atoms with Gasteiger partial charge in [0.05, 0.1) is 29.9 Å². The molecule has 1 aliphatic heterocycles. The molecular formula is C20H17ClN6. The Bertz CT molecular complexity index is 1160. The first-order chi connectivity index (χ1) is 13.1. The second-order valence-electron chi connectivity index (χ2n) is 6.80. The number of halogens is 1. The van der Waals surface area contributed by atoms with Gasteiger partial charge in [0.2, 0.25) is 0 Å². The number of nitrogens with zero attached hydrogens (tertiary/aromatic N) is 6. The number of pyridine rings is 1. The third kappa shape index (κ3) is 2.73. The molecule has 1 aromatic carbocycles. The molecule has 0 aliphatic carbocycles. The van der Waals surface area contributed by atoms with E-state index in [2.05, 4.69) is 20.6 Å². The minimum atomic E-state index is 0.618. The Morgan fingerprint density at radius 2 is 2.00 bits per heavy atom. The lowest BCUT2D eigenvalue weighted by Gasteiger charge is -2.08. The maximum absolute atomic E-state index is 6.29. The summed E-state index contributed by atoms with van der Waals surface area (Å²) in [7, 11) is 0. The standard InChI is InChI=1S/C20H17ClN6/c1-12-3-4-14(9-22-12)7-19-24-20-16-8-15(21)5-6-17(16)26-11-23-13(2)18(26)10-27(20)25-19/h3-6,8-9,11H,7,10H2,1-2H3. The zero-order valence-corrected chi connectivity index (χ0v) is 15.8. The Labute approximate surface area is 161 Å². The highest BCUT2D eigenvalue weighted by Crippen LogP contribution is 2.33. The van der Waals surface area contributed by atoms with E-state index in [0.29, 0.717) is 18.0 Å². The number of benzene rings is 1. The molecule has 0 radical (unpaired) electrons. The summed E-state index contributed by atoms with van der Waals surface area (Å²) < 4.78 is 4.04. The molecule has 0 fully saturated rings. The number of hydrogen-bond donors (Lipinski definition) is 0. The first kappa shape index (κ1) is 16.2. The van der Waals surface area contributed by atoms with Gasteiger partial charge >= 0.3 is 0 Å². The second-order valence-corrected chi connectivity index (χ2v) is 7.24. The molecule has 6 nitrogen and oxygen atoms in total. The molecule has 4 heterocycles. The summed E-state index contributed by atoms with van der Waals surface area (Å²) in [6.07, 6.45) is 4.37. The summed E-state index contributed by atoms with van der Waals surface area (Å²) in [5.41, 5.74) is 6.16. The van der Waals surface area contributed by atoms with Crippen LogP contribution in [0.2, 0.25) is 5.02 Å². The van der Waals surface area contributed by atoms with Crippen LogP contribution < -0.4 is 0 Å². The second kappa shape index (κ2) is 6.03. The van der Waals surface area contributed by atoms with Gasteiger partial charge in [0, 0.05) is 28.9 Å². The van der Waals surface area contributed by atoms with Gasteiger partial charge in [-0.05, 0) is 43.7 Å². The number of aromatic nitrogens is 6. The lowest BCUT2D eigenvalue weighted by atomic mass is 10.1. The van der Waals surface area contributed by atoms with Gasteiger partial charge in [-0.2, -0.15) is 5.10 Å². The van der Waals surface area contributed by atoms with Crippen molar-refractivity contribution in [2.24, 2.45) is 0 Å². The van der Waals surface area contributed by atoms with Crippen LogP contribution >= 0.6 is 11.6 Å². The summed E-state index contributed by atoms with van der Waals surface area (Å²) in [6, 6.07) is 9.92. The Kier molecular flexibility index (Phi) is 3.62. The topological polar surface area (TPSA) is 61.4 Å². The largest absolute Gasteiger partial charge is 0.300 e. The van der Waals surface area contributed by atoms with Crippen molar-refractivity contribution in [1.29, 1.82) is 0 Å². The molecule has 0 spiro atoms. The van der Waals surface area contributed by atoms with Crippen molar-refractivity contribution < 1.29 is 0 Å². The number of hydrogen-bond acceptors (Lipinski definition) is 4. The van der Waals surface area contributed by atoms with Gasteiger partial charge in [0.15, 0.2) is 11.6 Å². The summed E-state index contributed by atoms with van der Waals surface area (Å²) in [6.45, 7) is 4.61. The predicted molar refractivity (Wildman–Crippen MR) is 103 cm³/mol. The van der Waals surface area contributed by atoms with Crippen molar-refractivity contribution in [3.05, 3.63) is 76.3 Å².